The Bertz CT molecular complexity index is 804. The molecule has 0 aromatic carbocycles. The number of rotatable bonds is 8. The summed E-state index contributed by atoms with van der Waals surface area (Å²) in [7, 11) is 0. The number of ether oxygens (including phenoxy) is 2. The van der Waals surface area contributed by atoms with Crippen LogP contribution < -0.4 is 10.6 Å². The van der Waals surface area contributed by atoms with Crippen molar-refractivity contribution in [2.24, 2.45) is 17.3 Å². The number of carbonyl (C=O) groups is 4. The Kier molecular flexibility index (Phi) is 10.6. The highest BCUT2D eigenvalue weighted by molar-refractivity contribution is 5.88. The van der Waals surface area contributed by atoms with Gasteiger partial charge in [-0.3, -0.25) is 19.2 Å². The van der Waals surface area contributed by atoms with Crippen molar-refractivity contribution >= 4 is 23.8 Å². The van der Waals surface area contributed by atoms with Gasteiger partial charge in [-0.1, -0.05) is 12.0 Å². The van der Waals surface area contributed by atoms with Gasteiger partial charge in [0.1, 0.15) is 6.04 Å². The molecular weight excluding hydrogens is 438 g/mol. The predicted molar refractivity (Wildman–Crippen MR) is 126 cm³/mol. The first kappa shape index (κ1) is 27.4. The molecule has 0 aliphatic carbocycles. The Balaban J connectivity index is 1.78. The van der Waals surface area contributed by atoms with Crippen molar-refractivity contribution < 1.29 is 28.7 Å². The fraction of sp³-hybridized carbons (Fsp3) is 0.680. The number of likely N-dealkylation sites (tertiary alicyclic amines) is 1. The highest BCUT2D eigenvalue weighted by Crippen LogP contribution is 2.19. The first-order chi connectivity index (χ1) is 16.1. The lowest BCUT2D eigenvalue weighted by Crippen LogP contribution is -2.47. The molecule has 0 spiro atoms. The van der Waals surface area contributed by atoms with Gasteiger partial charge in [0, 0.05) is 13.1 Å². The van der Waals surface area contributed by atoms with E-state index in [-0.39, 0.29) is 18.2 Å². The molecule has 188 valence electrons. The summed E-state index contributed by atoms with van der Waals surface area (Å²) in [6, 6.07) is -0.857. The number of esters is 2. The van der Waals surface area contributed by atoms with Gasteiger partial charge >= 0.3 is 11.9 Å². The third kappa shape index (κ3) is 9.18. The second-order valence-corrected chi connectivity index (χ2v) is 9.82. The molecule has 0 aromatic rings. The molecule has 9 nitrogen and oxygen atoms in total. The molecular formula is C25H37N3O6. The number of carbonyl (C=O) groups excluding carboxylic acids is 4. The molecule has 34 heavy (non-hydrogen) atoms. The Labute approximate surface area is 202 Å². The summed E-state index contributed by atoms with van der Waals surface area (Å²) in [4.78, 5) is 50.8. The van der Waals surface area contributed by atoms with Crippen LogP contribution in [-0.2, 0) is 28.7 Å². The smallest absolute Gasteiger partial charge is 0.314 e. The number of hydrogen-bond donors (Lipinski definition) is 2. The Hall–Kier alpha value is -2.86. The van der Waals surface area contributed by atoms with E-state index in [2.05, 4.69) is 16.6 Å². The number of hydrogen-bond acceptors (Lipinski definition) is 7. The van der Waals surface area contributed by atoms with Gasteiger partial charge in [0.2, 0.25) is 18.6 Å². The Morgan fingerprint density at radius 1 is 1.18 bits per heavy atom. The maximum Gasteiger partial charge on any atom is 0.314 e. The van der Waals surface area contributed by atoms with E-state index in [9.17, 15) is 19.2 Å². The van der Waals surface area contributed by atoms with Crippen molar-refractivity contribution in [1.82, 2.24) is 15.5 Å². The zero-order valence-corrected chi connectivity index (χ0v) is 20.4. The van der Waals surface area contributed by atoms with Crippen LogP contribution in [-0.4, -0.2) is 67.7 Å². The molecule has 0 bridgehead atoms. The molecule has 2 amide bonds. The summed E-state index contributed by atoms with van der Waals surface area (Å²) in [6.07, 6.45) is 12.2. The van der Waals surface area contributed by atoms with Gasteiger partial charge in [0.05, 0.1) is 17.8 Å². The molecule has 2 heterocycles. The van der Waals surface area contributed by atoms with E-state index in [0.717, 1.165) is 25.9 Å². The van der Waals surface area contributed by atoms with E-state index in [1.54, 1.807) is 31.7 Å². The molecule has 2 atom stereocenters. The maximum atomic E-state index is 12.7. The van der Waals surface area contributed by atoms with Gasteiger partial charge in [0.15, 0.2) is 0 Å². The minimum atomic E-state index is -0.857. The van der Waals surface area contributed by atoms with Crippen molar-refractivity contribution in [3.63, 3.8) is 0 Å². The topological polar surface area (TPSA) is 114 Å². The molecule has 2 aliphatic rings. The van der Waals surface area contributed by atoms with Crippen LogP contribution in [0.5, 0.6) is 0 Å². The predicted octanol–water partition coefficient (Wildman–Crippen LogP) is 1.38. The summed E-state index contributed by atoms with van der Waals surface area (Å²) < 4.78 is 9.79. The number of nitrogens with zero attached hydrogens (tertiary/aromatic N) is 1. The third-order valence-corrected chi connectivity index (χ3v) is 5.91. The maximum absolute atomic E-state index is 12.7. The molecule has 2 saturated heterocycles. The number of terminal acetylenes is 1. The normalized spacial score (nSPS) is 20.3. The van der Waals surface area contributed by atoms with Gasteiger partial charge < -0.3 is 25.0 Å². The van der Waals surface area contributed by atoms with Crippen molar-refractivity contribution in [3.8, 4) is 12.3 Å². The largest absolute Gasteiger partial charge is 0.428 e. The molecule has 0 aromatic heterocycles. The fourth-order valence-corrected chi connectivity index (χ4v) is 3.78. The Morgan fingerprint density at radius 3 is 2.53 bits per heavy atom. The minimum Gasteiger partial charge on any atom is -0.428 e. The first-order valence-electron chi connectivity index (χ1n) is 11.9. The summed E-state index contributed by atoms with van der Waals surface area (Å²) in [6.45, 7) is 7.39. The molecule has 2 N–H and O–H groups in total. The van der Waals surface area contributed by atoms with Gasteiger partial charge in [-0.05, 0) is 71.5 Å². The molecule has 2 fully saturated rings. The first-order valence-corrected chi connectivity index (χ1v) is 11.9. The van der Waals surface area contributed by atoms with E-state index >= 15 is 0 Å². The quantitative estimate of drug-likeness (QED) is 0.236. The summed E-state index contributed by atoms with van der Waals surface area (Å²) in [5, 5.41) is 5.99. The zero-order chi connectivity index (χ0) is 25.1. The van der Waals surface area contributed by atoms with Crippen molar-refractivity contribution in [1.29, 1.82) is 0 Å². The van der Waals surface area contributed by atoms with E-state index in [1.165, 1.54) is 0 Å². The Morgan fingerprint density at radius 2 is 1.88 bits per heavy atom. The lowest BCUT2D eigenvalue weighted by Gasteiger charge is -2.32. The molecule has 1 unspecified atom stereocenters. The third-order valence-electron chi connectivity index (χ3n) is 5.91. The lowest BCUT2D eigenvalue weighted by atomic mass is 9.95. The summed E-state index contributed by atoms with van der Waals surface area (Å²) in [5.41, 5.74) is -0.708. The van der Waals surface area contributed by atoms with Crippen molar-refractivity contribution in [3.05, 3.63) is 12.2 Å². The van der Waals surface area contributed by atoms with Crippen LogP contribution in [0.25, 0.3) is 0 Å². The average molecular weight is 476 g/mol. The van der Waals surface area contributed by atoms with E-state index in [0.29, 0.717) is 31.8 Å². The SMILES string of the molecule is C#CC(CC(=O)OCOC(=O)C(C)(C)C)NC(=O)[C@@H]1CCCN(C(=O)/C=C/C2CCNCC2)C1. The molecule has 2 rings (SSSR count). The van der Waals surface area contributed by atoms with Crippen LogP contribution in [0.3, 0.4) is 0 Å². The van der Waals surface area contributed by atoms with Crippen LogP contribution in [0.15, 0.2) is 12.2 Å². The number of amides is 2. The summed E-state index contributed by atoms with van der Waals surface area (Å²) >= 11 is 0. The second kappa shape index (κ2) is 13.1. The minimum absolute atomic E-state index is 0.0853. The highest BCUT2D eigenvalue weighted by Gasteiger charge is 2.29. The van der Waals surface area contributed by atoms with Crippen molar-refractivity contribution in [2.75, 3.05) is 33.0 Å². The van der Waals surface area contributed by atoms with Crippen LogP contribution in [0, 0.1) is 29.6 Å². The van der Waals surface area contributed by atoms with Crippen LogP contribution >= 0.6 is 0 Å². The molecule has 2 aliphatic heterocycles. The van der Waals surface area contributed by atoms with Gasteiger partial charge in [-0.25, -0.2) is 0 Å². The number of piperidine rings is 2. The molecule has 0 radical (unpaired) electrons. The van der Waals surface area contributed by atoms with Gasteiger partial charge in [-0.15, -0.1) is 6.42 Å². The standard InChI is InChI=1S/C25H37N3O6/c1-5-20(15-22(30)33-17-34-24(32)25(2,3)4)27-23(31)19-7-6-14-28(16-19)21(29)9-8-18-10-12-26-13-11-18/h1,8-9,18-20,26H,6-7,10-17H2,2-4H3,(H,27,31)/b9-8+/t19-,20?/m1/s1. The fourth-order valence-electron chi connectivity index (χ4n) is 3.78. The lowest BCUT2D eigenvalue weighted by molar-refractivity contribution is -0.173. The average Bonchev–Trinajstić information content (AvgIpc) is 2.82. The molecule has 0 saturated carbocycles. The van der Waals surface area contributed by atoms with Crippen molar-refractivity contribution in [2.45, 2.75) is 58.9 Å². The monoisotopic (exact) mass is 475 g/mol. The zero-order valence-electron chi connectivity index (χ0n) is 20.4. The van der Waals surface area contributed by atoms with Crippen LogP contribution in [0.1, 0.15) is 52.9 Å². The number of nitrogens with one attached hydrogen (secondary N) is 2. The van der Waals surface area contributed by atoms with Gasteiger partial charge in [-0.2, -0.15) is 0 Å². The summed E-state index contributed by atoms with van der Waals surface area (Å²) in [5.74, 6) is 0.821. The highest BCUT2D eigenvalue weighted by atomic mass is 16.7. The van der Waals surface area contributed by atoms with Crippen LogP contribution in [0.2, 0.25) is 0 Å². The number of allylic oxidation sites excluding steroid dienone is 1. The van der Waals surface area contributed by atoms with E-state index in [1.807, 2.05) is 6.08 Å². The van der Waals surface area contributed by atoms with E-state index < -0.39 is 36.1 Å². The van der Waals surface area contributed by atoms with Crippen LogP contribution in [0.4, 0.5) is 0 Å². The van der Waals surface area contributed by atoms with E-state index in [4.69, 9.17) is 15.9 Å². The van der Waals surface area contributed by atoms with Gasteiger partial charge in [0.25, 0.3) is 0 Å². The molecule has 9 heteroatoms. The second-order valence-electron chi connectivity index (χ2n) is 9.82.